The van der Waals surface area contributed by atoms with E-state index in [-0.39, 0.29) is 23.8 Å². The summed E-state index contributed by atoms with van der Waals surface area (Å²) in [6, 6.07) is 7.16. The van der Waals surface area contributed by atoms with E-state index >= 15 is 0 Å². The molecule has 3 heterocycles. The first kappa shape index (κ1) is 29.3. The van der Waals surface area contributed by atoms with Crippen LogP contribution in [-0.4, -0.2) is 73.7 Å². The predicted octanol–water partition coefficient (Wildman–Crippen LogP) is 4.04. The Morgan fingerprint density at radius 3 is 2.36 bits per heavy atom. The highest BCUT2D eigenvalue weighted by Crippen LogP contribution is 2.66. The van der Waals surface area contributed by atoms with Gasteiger partial charge in [-0.25, -0.2) is 0 Å². The van der Waals surface area contributed by atoms with Gasteiger partial charge in [0.25, 0.3) is 0 Å². The van der Waals surface area contributed by atoms with Gasteiger partial charge in [-0.2, -0.15) is 0 Å². The maximum Gasteiger partial charge on any atom is 0.310 e. The summed E-state index contributed by atoms with van der Waals surface area (Å²) in [5, 5.41) is 21.0. The Bertz CT molecular complexity index is 1140. The van der Waals surface area contributed by atoms with Crippen molar-refractivity contribution in [1.82, 2.24) is 9.80 Å². The number of rotatable bonds is 9. The van der Waals surface area contributed by atoms with Crippen LogP contribution in [0.15, 0.2) is 43.0 Å². The molecule has 3 aliphatic rings. The molecule has 4 rings (SSSR count). The van der Waals surface area contributed by atoms with Crippen molar-refractivity contribution in [3.05, 3.63) is 48.6 Å². The number of carboxylic acids is 1. The lowest BCUT2D eigenvalue weighted by Gasteiger charge is -2.46. The molecule has 2 bridgehead atoms. The fourth-order valence-electron chi connectivity index (χ4n) is 8.00. The number of carbonyl (C=O) groups excluding carboxylic acids is 2. The number of benzene rings is 1. The van der Waals surface area contributed by atoms with Gasteiger partial charge in [0, 0.05) is 12.1 Å². The van der Waals surface area contributed by atoms with Gasteiger partial charge in [0.15, 0.2) is 0 Å². The number of aliphatic hydroxyl groups is 1. The standard InChI is InChI=1S/C31H44N2O6/c1-9-15-32(29(6,7)18-28(3,4)5)26(36)24-31-16-19(2)30(8,39-31)23(27(37)38)22(31)25(35)33(24)21(17-34)20-13-11-10-12-14-20/h9-14,19,21-24,34H,1,15-18H2,2-8H3,(H,37,38)/t19?,21-,22+,23-,24?,30+,31?/m1/s1. The zero-order chi connectivity index (χ0) is 29.1. The number of hydrogen-bond donors (Lipinski definition) is 2. The highest BCUT2D eigenvalue weighted by molar-refractivity contribution is 5.99. The summed E-state index contributed by atoms with van der Waals surface area (Å²) >= 11 is 0. The third-order valence-electron chi connectivity index (χ3n) is 9.22. The molecule has 3 unspecified atom stereocenters. The first-order chi connectivity index (χ1) is 18.1. The van der Waals surface area contributed by atoms with Crippen molar-refractivity contribution >= 4 is 17.8 Å². The van der Waals surface area contributed by atoms with Gasteiger partial charge in [-0.3, -0.25) is 14.4 Å². The summed E-state index contributed by atoms with van der Waals surface area (Å²) in [7, 11) is 0. The summed E-state index contributed by atoms with van der Waals surface area (Å²) in [4.78, 5) is 45.1. The van der Waals surface area contributed by atoms with Crippen molar-refractivity contribution in [3.63, 3.8) is 0 Å². The Hall–Kier alpha value is -2.71. The molecule has 7 atom stereocenters. The number of aliphatic carboxylic acids is 1. The average molecular weight is 541 g/mol. The Morgan fingerprint density at radius 1 is 1.23 bits per heavy atom. The second-order valence-electron chi connectivity index (χ2n) is 13.7. The van der Waals surface area contributed by atoms with Crippen LogP contribution < -0.4 is 0 Å². The van der Waals surface area contributed by atoms with Crippen molar-refractivity contribution < 1.29 is 29.3 Å². The summed E-state index contributed by atoms with van der Waals surface area (Å²) in [5.74, 6) is -4.17. The summed E-state index contributed by atoms with van der Waals surface area (Å²) in [5.41, 5.74) is -2.42. The molecule has 39 heavy (non-hydrogen) atoms. The molecular weight excluding hydrogens is 496 g/mol. The van der Waals surface area contributed by atoms with E-state index < -0.39 is 59.1 Å². The first-order valence-electron chi connectivity index (χ1n) is 13.9. The number of nitrogens with zero attached hydrogens (tertiary/aromatic N) is 2. The minimum absolute atomic E-state index is 0.0917. The molecule has 0 aromatic heterocycles. The van der Waals surface area contributed by atoms with Crippen LogP contribution in [0.5, 0.6) is 0 Å². The molecule has 3 fully saturated rings. The van der Waals surface area contributed by atoms with E-state index in [0.29, 0.717) is 18.4 Å². The van der Waals surface area contributed by atoms with E-state index in [1.807, 2.05) is 51.1 Å². The van der Waals surface area contributed by atoms with E-state index in [1.165, 1.54) is 4.90 Å². The second kappa shape index (κ2) is 9.73. The Kier molecular flexibility index (Phi) is 7.31. The van der Waals surface area contributed by atoms with Crippen molar-refractivity contribution in [2.45, 2.75) is 90.1 Å². The number of fused-ring (bicyclic) bond motifs is 1. The summed E-state index contributed by atoms with van der Waals surface area (Å²) < 4.78 is 6.67. The van der Waals surface area contributed by atoms with E-state index in [4.69, 9.17) is 4.74 Å². The molecule has 2 N–H and O–H groups in total. The third kappa shape index (κ3) is 4.49. The summed E-state index contributed by atoms with van der Waals surface area (Å²) in [6.45, 7) is 17.8. The maximum absolute atomic E-state index is 14.9. The molecule has 8 heteroatoms. The van der Waals surface area contributed by atoms with Crippen LogP contribution in [0.4, 0.5) is 0 Å². The molecule has 3 saturated heterocycles. The molecule has 1 spiro atoms. The highest BCUT2D eigenvalue weighted by atomic mass is 16.5. The lowest BCUT2D eigenvalue weighted by atomic mass is 9.62. The van der Waals surface area contributed by atoms with Gasteiger partial charge < -0.3 is 24.7 Å². The molecule has 214 valence electrons. The van der Waals surface area contributed by atoms with Crippen LogP contribution in [0, 0.1) is 23.2 Å². The lowest BCUT2D eigenvalue weighted by Crippen LogP contribution is -2.61. The van der Waals surface area contributed by atoms with Gasteiger partial charge >= 0.3 is 5.97 Å². The first-order valence-corrected chi connectivity index (χ1v) is 13.9. The number of likely N-dealkylation sites (tertiary alicyclic amines) is 1. The molecule has 3 aliphatic heterocycles. The topological polar surface area (TPSA) is 107 Å². The maximum atomic E-state index is 14.9. The molecule has 0 aliphatic carbocycles. The van der Waals surface area contributed by atoms with Crippen LogP contribution in [0.3, 0.4) is 0 Å². The monoisotopic (exact) mass is 540 g/mol. The van der Waals surface area contributed by atoms with Crippen molar-refractivity contribution in [2.24, 2.45) is 23.2 Å². The normalized spacial score (nSPS) is 32.7. The van der Waals surface area contributed by atoms with Gasteiger partial charge in [-0.1, -0.05) is 64.1 Å². The minimum atomic E-state index is -1.31. The van der Waals surface area contributed by atoms with Crippen LogP contribution in [0.1, 0.15) is 72.9 Å². The SMILES string of the molecule is C=CCN(C(=O)C1N([C@H](CO)c2ccccc2)C(=O)[C@@H]2[C@H](C(=O)O)[C@@]3(C)OC12CC3C)C(C)(C)CC(C)(C)C. The molecule has 1 aromatic carbocycles. The smallest absolute Gasteiger partial charge is 0.310 e. The molecule has 1 aromatic rings. The van der Waals surface area contributed by atoms with Crippen LogP contribution >= 0.6 is 0 Å². The Labute approximate surface area is 232 Å². The zero-order valence-electron chi connectivity index (χ0n) is 24.3. The second-order valence-corrected chi connectivity index (χ2v) is 13.7. The number of hydrogen-bond acceptors (Lipinski definition) is 5. The van der Waals surface area contributed by atoms with E-state index in [0.717, 1.165) is 0 Å². The minimum Gasteiger partial charge on any atom is -0.481 e. The predicted molar refractivity (Wildman–Crippen MR) is 148 cm³/mol. The zero-order valence-corrected chi connectivity index (χ0v) is 24.3. The number of carboxylic acid groups (broad SMARTS) is 1. The fourth-order valence-corrected chi connectivity index (χ4v) is 8.00. The largest absolute Gasteiger partial charge is 0.481 e. The van der Waals surface area contributed by atoms with Crippen molar-refractivity contribution in [2.75, 3.05) is 13.2 Å². The van der Waals surface area contributed by atoms with E-state index in [1.54, 1.807) is 17.9 Å². The third-order valence-corrected chi connectivity index (χ3v) is 9.22. The van der Waals surface area contributed by atoms with Gasteiger partial charge in [-0.15, -0.1) is 6.58 Å². The number of amides is 2. The Balaban J connectivity index is 1.92. The van der Waals surface area contributed by atoms with Crippen molar-refractivity contribution in [3.8, 4) is 0 Å². The number of aliphatic hydroxyl groups excluding tert-OH is 1. The van der Waals surface area contributed by atoms with Gasteiger partial charge in [0.05, 0.1) is 24.2 Å². The van der Waals surface area contributed by atoms with Crippen LogP contribution in [0.25, 0.3) is 0 Å². The van der Waals surface area contributed by atoms with E-state index in [9.17, 15) is 24.6 Å². The molecule has 2 amide bonds. The van der Waals surface area contributed by atoms with Gasteiger partial charge in [-0.05, 0) is 50.5 Å². The van der Waals surface area contributed by atoms with Crippen LogP contribution in [0.2, 0.25) is 0 Å². The van der Waals surface area contributed by atoms with Crippen molar-refractivity contribution in [1.29, 1.82) is 0 Å². The Morgan fingerprint density at radius 2 is 1.85 bits per heavy atom. The summed E-state index contributed by atoms with van der Waals surface area (Å²) in [6.07, 6.45) is 2.74. The molecular formula is C31H44N2O6. The molecule has 8 nitrogen and oxygen atoms in total. The average Bonchev–Trinajstić information content (AvgIpc) is 3.34. The molecule has 0 radical (unpaired) electrons. The van der Waals surface area contributed by atoms with Gasteiger partial charge in [0.1, 0.15) is 17.6 Å². The lowest BCUT2D eigenvalue weighted by molar-refractivity contribution is -0.162. The molecule has 0 saturated carbocycles. The van der Waals surface area contributed by atoms with E-state index in [2.05, 4.69) is 27.4 Å². The number of carbonyl (C=O) groups is 3. The van der Waals surface area contributed by atoms with Crippen LogP contribution in [-0.2, 0) is 19.1 Å². The fraction of sp³-hybridized carbons (Fsp3) is 0.645. The van der Waals surface area contributed by atoms with Gasteiger partial charge in [0.2, 0.25) is 11.8 Å². The quantitative estimate of drug-likeness (QED) is 0.458. The number of ether oxygens (including phenoxy) is 1. The highest BCUT2D eigenvalue weighted by Gasteiger charge is 2.80.